The molecule has 0 amide bonds. The first-order valence-electron chi connectivity index (χ1n) is 19.6. The van der Waals surface area contributed by atoms with Crippen molar-refractivity contribution in [1.29, 1.82) is 0 Å². The molecule has 3 rings (SSSR count). The largest absolute Gasteiger partial charge is 0.343 e. The maximum absolute atomic E-state index is 6.72. The lowest BCUT2D eigenvalue weighted by Crippen LogP contribution is -2.33. The van der Waals surface area contributed by atoms with E-state index >= 15 is 0 Å². The van der Waals surface area contributed by atoms with Gasteiger partial charge in [0.2, 0.25) is 0 Å². The number of ether oxygens (including phenoxy) is 2. The van der Waals surface area contributed by atoms with Crippen molar-refractivity contribution in [2.75, 3.05) is 20.1 Å². The summed E-state index contributed by atoms with van der Waals surface area (Å²) in [5.74, 6) is -0.264. The average molecular weight is 612 g/mol. The van der Waals surface area contributed by atoms with Crippen LogP contribution < -0.4 is 0 Å². The highest BCUT2D eigenvalue weighted by atomic mass is 16.8. The summed E-state index contributed by atoms with van der Waals surface area (Å²) < 4.78 is 13.4. The Hall–Kier alpha value is -0.900. The minimum absolute atomic E-state index is 0.264. The first kappa shape index (κ1) is 37.6. The van der Waals surface area contributed by atoms with Gasteiger partial charge in [0.15, 0.2) is 5.79 Å². The van der Waals surface area contributed by atoms with Gasteiger partial charge in [0, 0.05) is 25.9 Å². The molecule has 2 heterocycles. The van der Waals surface area contributed by atoms with Gasteiger partial charge < -0.3 is 14.4 Å². The van der Waals surface area contributed by atoms with Crippen LogP contribution in [0.15, 0.2) is 36.5 Å². The van der Waals surface area contributed by atoms with Gasteiger partial charge in [-0.25, -0.2) is 0 Å². The number of nitrogens with zero attached hydrogens (tertiary/aromatic N) is 1. The van der Waals surface area contributed by atoms with E-state index < -0.39 is 0 Å². The van der Waals surface area contributed by atoms with Crippen molar-refractivity contribution in [3.8, 4) is 0 Å². The van der Waals surface area contributed by atoms with Crippen LogP contribution in [0.2, 0.25) is 0 Å². The summed E-state index contributed by atoms with van der Waals surface area (Å²) in [4.78, 5) is 2.37. The predicted octanol–water partition coefficient (Wildman–Crippen LogP) is 12.3. The normalized spacial score (nSPS) is 27.3. The molecule has 0 aromatic rings. The van der Waals surface area contributed by atoms with Gasteiger partial charge in [-0.3, -0.25) is 0 Å². The molecule has 2 aliphatic heterocycles. The third kappa shape index (κ3) is 14.7. The van der Waals surface area contributed by atoms with Crippen LogP contribution in [0.3, 0.4) is 0 Å². The highest BCUT2D eigenvalue weighted by Gasteiger charge is 2.57. The number of allylic oxidation sites excluding steroid dienone is 6. The third-order valence-corrected chi connectivity index (χ3v) is 10.7. The lowest BCUT2D eigenvalue weighted by atomic mass is 9.76. The van der Waals surface area contributed by atoms with E-state index in [0.717, 1.165) is 32.4 Å². The van der Waals surface area contributed by atoms with E-state index in [1.165, 1.54) is 148 Å². The zero-order chi connectivity index (χ0) is 31.2. The Morgan fingerprint density at radius 2 is 1.02 bits per heavy atom. The maximum atomic E-state index is 6.72. The molecule has 0 bridgehead atoms. The van der Waals surface area contributed by atoms with Gasteiger partial charge >= 0.3 is 0 Å². The van der Waals surface area contributed by atoms with E-state index in [-0.39, 0.29) is 5.79 Å². The number of unbranched alkanes of at least 4 members (excludes halogenated alkanes) is 16. The molecule has 1 spiro atoms. The zero-order valence-electron chi connectivity index (χ0n) is 29.7. The van der Waals surface area contributed by atoms with Crippen molar-refractivity contribution >= 4 is 0 Å². The van der Waals surface area contributed by atoms with E-state index in [2.05, 4.69) is 62.3 Å². The van der Waals surface area contributed by atoms with Gasteiger partial charge in [-0.05, 0) is 83.1 Å². The van der Waals surface area contributed by atoms with Crippen LogP contribution in [0.5, 0.6) is 0 Å². The molecular weight excluding hydrogens is 538 g/mol. The first-order chi connectivity index (χ1) is 21.6. The van der Waals surface area contributed by atoms with Crippen LogP contribution in [0, 0.1) is 5.41 Å². The van der Waals surface area contributed by atoms with Crippen molar-refractivity contribution < 1.29 is 9.47 Å². The van der Waals surface area contributed by atoms with E-state index in [4.69, 9.17) is 9.47 Å². The highest BCUT2D eigenvalue weighted by molar-refractivity contribution is 5.01. The van der Waals surface area contributed by atoms with Crippen molar-refractivity contribution in [3.05, 3.63) is 36.5 Å². The highest BCUT2D eigenvalue weighted by Crippen LogP contribution is 2.56. The van der Waals surface area contributed by atoms with Gasteiger partial charge in [-0.15, -0.1) is 0 Å². The van der Waals surface area contributed by atoms with Gasteiger partial charge in [0.05, 0.1) is 0 Å². The second-order valence-electron chi connectivity index (χ2n) is 14.9. The second kappa shape index (κ2) is 22.6. The van der Waals surface area contributed by atoms with Crippen molar-refractivity contribution in [3.63, 3.8) is 0 Å². The summed E-state index contributed by atoms with van der Waals surface area (Å²) in [6.07, 6.45) is 49.4. The number of hydrogen-bond acceptors (Lipinski definition) is 3. The topological polar surface area (TPSA) is 21.7 Å². The predicted molar refractivity (Wildman–Crippen MR) is 191 cm³/mol. The summed E-state index contributed by atoms with van der Waals surface area (Å²) >= 11 is 0. The zero-order valence-corrected chi connectivity index (χ0v) is 29.7. The minimum atomic E-state index is -0.264. The molecule has 254 valence electrons. The number of hydrogen-bond donors (Lipinski definition) is 0. The SMILES string of the molecule is CCC/C=C\CCCCCCCCC1(CCCCCCCC/C=C\C/C=C\CCCCC)CCC2(C1)O[C@H]1CN(C)C[C@H]1O2. The van der Waals surface area contributed by atoms with E-state index in [1.54, 1.807) is 0 Å². The summed E-state index contributed by atoms with van der Waals surface area (Å²) in [5.41, 5.74) is 0.448. The molecule has 2 saturated heterocycles. The second-order valence-corrected chi connectivity index (χ2v) is 14.9. The molecule has 4 atom stereocenters. The van der Waals surface area contributed by atoms with Crippen LogP contribution in [0.4, 0.5) is 0 Å². The fourth-order valence-electron chi connectivity index (χ4n) is 8.05. The molecule has 1 aliphatic carbocycles. The molecule has 0 radical (unpaired) electrons. The number of likely N-dealkylation sites (tertiary alicyclic amines) is 1. The van der Waals surface area contributed by atoms with Crippen LogP contribution in [-0.4, -0.2) is 43.0 Å². The van der Waals surface area contributed by atoms with Crippen LogP contribution in [-0.2, 0) is 9.47 Å². The fraction of sp³-hybridized carbons (Fsp3) is 0.854. The first-order valence-corrected chi connectivity index (χ1v) is 19.6. The van der Waals surface area contributed by atoms with Gasteiger partial charge in [0.25, 0.3) is 0 Å². The van der Waals surface area contributed by atoms with Crippen molar-refractivity contribution in [2.24, 2.45) is 5.41 Å². The van der Waals surface area contributed by atoms with Gasteiger partial charge in [-0.2, -0.15) is 0 Å². The monoisotopic (exact) mass is 612 g/mol. The van der Waals surface area contributed by atoms with Crippen molar-refractivity contribution in [1.82, 2.24) is 4.90 Å². The van der Waals surface area contributed by atoms with E-state index in [1.807, 2.05) is 0 Å². The molecule has 3 nitrogen and oxygen atoms in total. The summed E-state index contributed by atoms with van der Waals surface area (Å²) in [5, 5.41) is 0. The van der Waals surface area contributed by atoms with Crippen LogP contribution in [0.1, 0.15) is 181 Å². The fourth-order valence-corrected chi connectivity index (χ4v) is 8.05. The molecule has 1 saturated carbocycles. The Balaban J connectivity index is 1.29. The summed E-state index contributed by atoms with van der Waals surface area (Å²) in [6.45, 7) is 6.62. The maximum Gasteiger partial charge on any atom is 0.169 e. The van der Waals surface area contributed by atoms with Crippen LogP contribution in [0.25, 0.3) is 0 Å². The quantitative estimate of drug-likeness (QED) is 0.0717. The molecule has 0 N–H and O–H groups in total. The summed E-state index contributed by atoms with van der Waals surface area (Å²) in [6, 6.07) is 0. The Morgan fingerprint density at radius 3 is 1.57 bits per heavy atom. The average Bonchev–Trinajstić information content (AvgIpc) is 3.65. The summed E-state index contributed by atoms with van der Waals surface area (Å²) in [7, 11) is 2.20. The number of rotatable bonds is 26. The van der Waals surface area contributed by atoms with Gasteiger partial charge in [-0.1, -0.05) is 134 Å². The van der Waals surface area contributed by atoms with E-state index in [9.17, 15) is 0 Å². The Bertz CT molecular complexity index is 788. The molecule has 3 fully saturated rings. The molecular formula is C41H73NO2. The van der Waals surface area contributed by atoms with Gasteiger partial charge in [0.1, 0.15) is 12.2 Å². The van der Waals surface area contributed by atoms with E-state index in [0.29, 0.717) is 17.6 Å². The number of likely N-dealkylation sites (N-methyl/N-ethyl adjacent to an activating group) is 1. The smallest absolute Gasteiger partial charge is 0.169 e. The Labute approximate surface area is 274 Å². The van der Waals surface area contributed by atoms with Crippen molar-refractivity contribution in [2.45, 2.75) is 199 Å². The molecule has 0 aromatic heterocycles. The standard InChI is InChI=1S/C41H73NO2/c1-4-6-8-10-12-14-16-17-18-19-20-22-24-26-28-30-32-40(31-29-27-25-23-21-15-13-11-9-7-5-2)33-34-41(37-40)43-38-35-42(3)36-39(38)44-41/h9,11-12,14,17-18,38-39H,4-8,10,13,15-16,19-37H2,1-3H3/b11-9-,14-12-,18-17-/t38-,39+,40?,41?. The molecule has 3 heteroatoms. The lowest BCUT2D eigenvalue weighted by Gasteiger charge is -2.32. The molecule has 0 aromatic carbocycles. The number of fused-ring (bicyclic) bond motifs is 1. The Kier molecular flexibility index (Phi) is 19.3. The molecule has 44 heavy (non-hydrogen) atoms. The molecule has 2 unspecified atom stereocenters. The Morgan fingerprint density at radius 1 is 0.545 bits per heavy atom. The lowest BCUT2D eigenvalue weighted by molar-refractivity contribution is -0.183. The molecule has 3 aliphatic rings. The van der Waals surface area contributed by atoms with Crippen LogP contribution >= 0.6 is 0 Å². The minimum Gasteiger partial charge on any atom is -0.343 e. The third-order valence-electron chi connectivity index (χ3n) is 10.7.